The summed E-state index contributed by atoms with van der Waals surface area (Å²) in [6.07, 6.45) is 0. The average molecular weight is 604 g/mol. The minimum atomic E-state index is -5.14. The van der Waals surface area contributed by atoms with Crippen molar-refractivity contribution >= 4 is 58.4 Å². The van der Waals surface area contributed by atoms with E-state index in [0.29, 0.717) is 6.07 Å². The maximum absolute atomic E-state index is 12.8. The van der Waals surface area contributed by atoms with E-state index < -0.39 is 72.8 Å². The van der Waals surface area contributed by atoms with Crippen LogP contribution in [-0.2, 0) is 30.4 Å². The molecule has 0 bridgehead atoms. The number of anilines is 1. The van der Waals surface area contributed by atoms with Crippen molar-refractivity contribution in [1.29, 1.82) is 0 Å². The van der Waals surface area contributed by atoms with Crippen molar-refractivity contribution < 1.29 is 142 Å². The molecule has 3 aromatic rings. The third kappa shape index (κ3) is 8.75. The maximum Gasteiger partial charge on any atom is 1.00 e. The van der Waals surface area contributed by atoms with Crippen molar-refractivity contribution in [2.75, 3.05) is 5.32 Å². The number of nitrogens with zero attached hydrogens (tertiary/aromatic N) is 1. The largest absolute Gasteiger partial charge is 1.00 e. The van der Waals surface area contributed by atoms with Gasteiger partial charge in [-0.3, -0.25) is 28.6 Å². The van der Waals surface area contributed by atoms with E-state index in [1.807, 2.05) is 0 Å². The predicted molar refractivity (Wildman–Crippen MR) is 118 cm³/mol. The number of nitrogens with one attached hydrogen (secondary N) is 1. The fourth-order valence-electron chi connectivity index (χ4n) is 2.94. The predicted octanol–water partition coefficient (Wildman–Crippen LogP) is -6.91. The third-order valence-electron chi connectivity index (χ3n) is 4.44. The van der Waals surface area contributed by atoms with Crippen LogP contribution in [0.1, 0.15) is 14.6 Å². The third-order valence-corrected chi connectivity index (χ3v) is 7.02. The van der Waals surface area contributed by atoms with E-state index in [1.165, 1.54) is 0 Å². The number of amides is 1. The fourth-order valence-corrected chi connectivity index (χ4v) is 4.70. The van der Waals surface area contributed by atoms with Crippen molar-refractivity contribution in [2.45, 2.75) is 14.7 Å². The summed E-state index contributed by atoms with van der Waals surface area (Å²) < 4.78 is 97.7. The number of benzene rings is 3. The number of carbonyl (C=O) groups is 1. The standard InChI is InChI=1S/C17H12N2O12S3.3Na.3H/c20-17(13-4-2-10(19(21)22)6-16(13)34(29,30)31)18-15-8-12(33(26,27)28)5-9-1-3-11(7-14(9)15)32(23,24)25;;;;;;/h1-8H,(H,18,20)(H,23,24,25)(H,26,27,28)(H,29,30,31);;;;;;/q;3*+1;3*-1. The SMILES string of the molecule is O=C(Nc1cc(S(=O)(=O)O)cc2ccc(S(=O)(=O)O)cc12)c1ccc([N+](=O)[O-])cc1S(=O)(=O)O.[H-].[H-].[H-].[Na+].[Na+].[Na+]. The van der Waals surface area contributed by atoms with Crippen LogP contribution in [0.15, 0.2) is 63.2 Å². The Balaban J connectivity index is -0.00000108. The second-order valence-corrected chi connectivity index (χ2v) is 10.9. The normalized spacial score (nSPS) is 11.4. The number of hydrogen-bond acceptors (Lipinski definition) is 9. The Morgan fingerprint density at radius 3 is 1.84 bits per heavy atom. The number of hydrogen-bond donors (Lipinski definition) is 4. The van der Waals surface area contributed by atoms with Crippen LogP contribution in [0.5, 0.6) is 0 Å². The van der Waals surface area contributed by atoms with Crippen molar-refractivity contribution in [3.8, 4) is 0 Å². The van der Waals surface area contributed by atoms with Gasteiger partial charge < -0.3 is 9.60 Å². The average Bonchev–Trinajstić information content (AvgIpc) is 2.70. The molecule has 4 N–H and O–H groups in total. The molecule has 0 unspecified atom stereocenters. The topological polar surface area (TPSA) is 235 Å². The summed E-state index contributed by atoms with van der Waals surface area (Å²) in [6.45, 7) is 0. The quantitative estimate of drug-likeness (QED) is 0.0889. The zero-order valence-corrected chi connectivity index (χ0v) is 27.8. The first kappa shape index (κ1) is 36.5. The smallest absolute Gasteiger partial charge is 1.00 e. The summed E-state index contributed by atoms with van der Waals surface area (Å²) >= 11 is 0. The van der Waals surface area contributed by atoms with Gasteiger partial charge in [0.05, 0.1) is 26.0 Å². The van der Waals surface area contributed by atoms with Gasteiger partial charge in [-0.15, -0.1) is 0 Å². The molecular formula is C17H15N2Na3O12S3. The Kier molecular flexibility index (Phi) is 13.1. The molecule has 0 aliphatic carbocycles. The molecule has 0 radical (unpaired) electrons. The summed E-state index contributed by atoms with van der Waals surface area (Å²) in [7, 11) is -14.7. The Bertz CT molecular complexity index is 1730. The molecule has 0 saturated carbocycles. The molecule has 0 fully saturated rings. The van der Waals surface area contributed by atoms with Gasteiger partial charge in [-0.25, -0.2) is 0 Å². The zero-order valence-electron chi connectivity index (χ0n) is 22.3. The van der Waals surface area contributed by atoms with Gasteiger partial charge >= 0.3 is 88.7 Å². The summed E-state index contributed by atoms with van der Waals surface area (Å²) in [6, 6.07) is 6.43. The summed E-state index contributed by atoms with van der Waals surface area (Å²) in [4.78, 5) is 20.3. The number of rotatable bonds is 6. The summed E-state index contributed by atoms with van der Waals surface area (Å²) in [5, 5.41) is 12.9. The van der Waals surface area contributed by atoms with Gasteiger partial charge in [0.2, 0.25) is 0 Å². The molecule has 0 saturated heterocycles. The van der Waals surface area contributed by atoms with Crippen molar-refractivity contribution in [3.05, 3.63) is 64.2 Å². The molecule has 0 aliphatic heterocycles. The van der Waals surface area contributed by atoms with Gasteiger partial charge in [0.1, 0.15) is 4.90 Å². The Morgan fingerprint density at radius 1 is 0.784 bits per heavy atom. The Morgan fingerprint density at radius 2 is 1.35 bits per heavy atom. The van der Waals surface area contributed by atoms with Crippen LogP contribution in [0.3, 0.4) is 0 Å². The van der Waals surface area contributed by atoms with E-state index in [-0.39, 0.29) is 104 Å². The van der Waals surface area contributed by atoms with E-state index >= 15 is 0 Å². The fraction of sp³-hybridized carbons (Fsp3) is 0. The van der Waals surface area contributed by atoms with Crippen LogP contribution in [0.2, 0.25) is 0 Å². The molecule has 37 heavy (non-hydrogen) atoms. The summed E-state index contributed by atoms with van der Waals surface area (Å²) in [5.41, 5.74) is -1.98. The monoisotopic (exact) mass is 604 g/mol. The summed E-state index contributed by atoms with van der Waals surface area (Å²) in [5.74, 6) is -1.30. The minimum Gasteiger partial charge on any atom is -1.00 e. The van der Waals surface area contributed by atoms with Gasteiger partial charge in [0.25, 0.3) is 41.9 Å². The first-order chi connectivity index (χ1) is 15.5. The second kappa shape index (κ2) is 13.2. The molecular weight excluding hydrogens is 589 g/mol. The molecule has 20 heteroatoms. The van der Waals surface area contributed by atoms with Gasteiger partial charge in [-0.1, -0.05) is 6.07 Å². The van der Waals surface area contributed by atoms with Crippen LogP contribution in [0, 0.1) is 10.1 Å². The van der Waals surface area contributed by atoms with Crippen LogP contribution >= 0.6 is 0 Å². The number of carbonyl (C=O) groups excluding carboxylic acids is 1. The molecule has 0 atom stereocenters. The van der Waals surface area contributed by atoms with Gasteiger partial charge in [-0.05, 0) is 35.7 Å². The van der Waals surface area contributed by atoms with E-state index in [9.17, 15) is 53.8 Å². The van der Waals surface area contributed by atoms with E-state index in [4.69, 9.17) is 0 Å². The first-order valence-corrected chi connectivity index (χ1v) is 12.9. The molecule has 0 aliphatic rings. The molecule has 0 spiro atoms. The molecule has 14 nitrogen and oxygen atoms in total. The number of non-ortho nitro benzene ring substituents is 1. The molecule has 0 aromatic heterocycles. The molecule has 0 heterocycles. The second-order valence-electron chi connectivity index (χ2n) is 6.67. The van der Waals surface area contributed by atoms with Crippen molar-refractivity contribution in [2.24, 2.45) is 0 Å². The van der Waals surface area contributed by atoms with E-state index in [0.717, 1.165) is 42.5 Å². The van der Waals surface area contributed by atoms with Gasteiger partial charge in [0.15, 0.2) is 0 Å². The Labute approximate surface area is 280 Å². The Hall–Kier alpha value is -0.480. The zero-order chi connectivity index (χ0) is 25.6. The first-order valence-electron chi connectivity index (χ1n) is 8.58. The van der Waals surface area contributed by atoms with E-state index in [1.54, 1.807) is 0 Å². The van der Waals surface area contributed by atoms with Crippen LogP contribution in [0.4, 0.5) is 11.4 Å². The molecule has 1 amide bonds. The molecule has 186 valence electrons. The number of fused-ring (bicyclic) bond motifs is 1. The van der Waals surface area contributed by atoms with Gasteiger partial charge in [-0.2, -0.15) is 25.3 Å². The van der Waals surface area contributed by atoms with Crippen LogP contribution in [0.25, 0.3) is 10.8 Å². The van der Waals surface area contributed by atoms with Crippen molar-refractivity contribution in [3.63, 3.8) is 0 Å². The van der Waals surface area contributed by atoms with Crippen molar-refractivity contribution in [1.82, 2.24) is 0 Å². The van der Waals surface area contributed by atoms with E-state index in [2.05, 4.69) is 5.32 Å². The number of nitro groups is 1. The van der Waals surface area contributed by atoms with Crippen LogP contribution < -0.4 is 94.0 Å². The number of nitro benzene ring substituents is 1. The maximum atomic E-state index is 12.8. The molecule has 3 rings (SSSR count). The van der Waals surface area contributed by atoms with Gasteiger partial charge in [0, 0.05) is 17.5 Å². The minimum absolute atomic E-state index is 0. The molecule has 3 aromatic carbocycles. The van der Waals surface area contributed by atoms with Crippen LogP contribution in [-0.4, -0.2) is 49.7 Å².